The van der Waals surface area contributed by atoms with Crippen molar-refractivity contribution in [1.82, 2.24) is 9.94 Å². The molecule has 1 aromatic heterocycles. The summed E-state index contributed by atoms with van der Waals surface area (Å²) in [6, 6.07) is 7.40. The van der Waals surface area contributed by atoms with Crippen molar-refractivity contribution in [2.24, 2.45) is 10.7 Å². The number of para-hydroxylation sites is 1. The van der Waals surface area contributed by atoms with Crippen LogP contribution in [0.4, 0.5) is 0 Å². The molecule has 0 saturated heterocycles. The SMILES string of the molecule is NCCN=c1cnn(O)c2ccccc12. The minimum absolute atomic E-state index is 0.502. The van der Waals surface area contributed by atoms with Crippen molar-refractivity contribution in [3.8, 4) is 0 Å². The molecule has 5 nitrogen and oxygen atoms in total. The Hall–Kier alpha value is -1.88. The monoisotopic (exact) mass is 204 g/mol. The fourth-order valence-corrected chi connectivity index (χ4v) is 1.42. The fraction of sp³-hybridized carbons (Fsp3) is 0.200. The Morgan fingerprint density at radius 2 is 2.20 bits per heavy atom. The molecule has 1 heterocycles. The van der Waals surface area contributed by atoms with Gasteiger partial charge in [0.15, 0.2) is 0 Å². The van der Waals surface area contributed by atoms with Gasteiger partial charge in [-0.15, -0.1) is 9.94 Å². The standard InChI is InChI=1S/C10H12N4O/c11-5-6-12-9-7-13-14(15)10-4-2-1-3-8(9)10/h1-4,7,15H,5-6,11H2. The van der Waals surface area contributed by atoms with Crippen LogP contribution in [0.15, 0.2) is 35.5 Å². The molecule has 0 spiro atoms. The first-order valence-corrected chi connectivity index (χ1v) is 4.70. The van der Waals surface area contributed by atoms with E-state index in [-0.39, 0.29) is 0 Å². The predicted molar refractivity (Wildman–Crippen MR) is 56.4 cm³/mol. The summed E-state index contributed by atoms with van der Waals surface area (Å²) < 4.78 is 0. The van der Waals surface area contributed by atoms with E-state index in [0.717, 1.165) is 15.6 Å². The van der Waals surface area contributed by atoms with Crippen LogP contribution in [0.25, 0.3) is 10.9 Å². The van der Waals surface area contributed by atoms with Gasteiger partial charge in [-0.25, -0.2) is 0 Å². The van der Waals surface area contributed by atoms with Gasteiger partial charge in [-0.05, 0) is 6.07 Å². The first kappa shape index (κ1) is 9.67. The molecule has 5 heteroatoms. The van der Waals surface area contributed by atoms with Crippen LogP contribution >= 0.6 is 0 Å². The second-order valence-electron chi connectivity index (χ2n) is 3.11. The van der Waals surface area contributed by atoms with Gasteiger partial charge >= 0.3 is 0 Å². The molecule has 2 aromatic rings. The molecule has 0 aliphatic rings. The smallest absolute Gasteiger partial charge is 0.110 e. The maximum absolute atomic E-state index is 9.46. The van der Waals surface area contributed by atoms with Gasteiger partial charge in [0.05, 0.1) is 18.1 Å². The lowest BCUT2D eigenvalue weighted by molar-refractivity contribution is 0.157. The summed E-state index contributed by atoms with van der Waals surface area (Å²) in [5.41, 5.74) is 6.02. The largest absolute Gasteiger partial charge is 0.411 e. The zero-order valence-electron chi connectivity index (χ0n) is 8.17. The van der Waals surface area contributed by atoms with Crippen LogP contribution in [0.5, 0.6) is 0 Å². The van der Waals surface area contributed by atoms with E-state index in [2.05, 4.69) is 10.1 Å². The lowest BCUT2D eigenvalue weighted by Crippen LogP contribution is -2.14. The normalized spacial score (nSPS) is 12.2. The van der Waals surface area contributed by atoms with Crippen molar-refractivity contribution in [3.63, 3.8) is 0 Å². The molecule has 0 saturated carbocycles. The molecule has 0 amide bonds. The first-order chi connectivity index (χ1) is 7.33. The highest BCUT2D eigenvalue weighted by Crippen LogP contribution is 2.05. The molecule has 1 aromatic carbocycles. The number of nitrogens with zero attached hydrogens (tertiary/aromatic N) is 3. The molecule has 15 heavy (non-hydrogen) atoms. The Labute approximate surface area is 86.4 Å². The fourth-order valence-electron chi connectivity index (χ4n) is 1.42. The average molecular weight is 204 g/mol. The van der Waals surface area contributed by atoms with Crippen molar-refractivity contribution < 1.29 is 5.21 Å². The van der Waals surface area contributed by atoms with Crippen LogP contribution in [-0.4, -0.2) is 28.2 Å². The van der Waals surface area contributed by atoms with Crippen molar-refractivity contribution in [3.05, 3.63) is 35.8 Å². The maximum atomic E-state index is 9.46. The second-order valence-corrected chi connectivity index (χ2v) is 3.11. The maximum Gasteiger partial charge on any atom is 0.110 e. The first-order valence-electron chi connectivity index (χ1n) is 4.70. The number of aromatic nitrogens is 2. The third-order valence-electron chi connectivity index (χ3n) is 2.10. The number of fused-ring (bicyclic) bond motifs is 1. The Morgan fingerprint density at radius 1 is 1.40 bits per heavy atom. The molecule has 3 N–H and O–H groups in total. The molecule has 2 rings (SSSR count). The summed E-state index contributed by atoms with van der Waals surface area (Å²) >= 11 is 0. The molecule has 0 aliphatic carbocycles. The minimum atomic E-state index is 0.502. The molecule has 0 radical (unpaired) electrons. The van der Waals surface area contributed by atoms with E-state index in [4.69, 9.17) is 5.73 Å². The van der Waals surface area contributed by atoms with E-state index in [1.165, 1.54) is 6.20 Å². The van der Waals surface area contributed by atoms with Crippen LogP contribution in [0.3, 0.4) is 0 Å². The number of nitrogens with two attached hydrogens (primary N) is 1. The minimum Gasteiger partial charge on any atom is -0.411 e. The highest BCUT2D eigenvalue weighted by atomic mass is 16.5. The Balaban J connectivity index is 2.72. The molecule has 0 fully saturated rings. The van der Waals surface area contributed by atoms with Crippen LogP contribution < -0.4 is 11.1 Å². The van der Waals surface area contributed by atoms with Crippen LogP contribution in [0, 0.1) is 0 Å². The quantitative estimate of drug-likeness (QED) is 0.683. The van der Waals surface area contributed by atoms with Crippen molar-refractivity contribution >= 4 is 10.9 Å². The van der Waals surface area contributed by atoms with Gasteiger partial charge in [0.25, 0.3) is 0 Å². The Bertz CT molecular complexity index is 532. The third kappa shape index (κ3) is 1.82. The highest BCUT2D eigenvalue weighted by Gasteiger charge is 1.99. The Morgan fingerprint density at radius 3 is 3.00 bits per heavy atom. The number of benzene rings is 1. The highest BCUT2D eigenvalue weighted by molar-refractivity contribution is 5.77. The van der Waals surface area contributed by atoms with E-state index in [0.29, 0.717) is 18.6 Å². The van der Waals surface area contributed by atoms with Gasteiger partial charge in [0.2, 0.25) is 0 Å². The van der Waals surface area contributed by atoms with E-state index in [1.54, 1.807) is 6.07 Å². The van der Waals surface area contributed by atoms with Crippen LogP contribution in [0.1, 0.15) is 0 Å². The van der Waals surface area contributed by atoms with Crippen molar-refractivity contribution in [2.45, 2.75) is 0 Å². The van der Waals surface area contributed by atoms with Gasteiger partial charge in [0.1, 0.15) is 5.52 Å². The molecule has 0 bridgehead atoms. The number of hydrogen-bond acceptors (Lipinski definition) is 4. The lowest BCUT2D eigenvalue weighted by atomic mass is 10.2. The molecular weight excluding hydrogens is 192 g/mol. The summed E-state index contributed by atoms with van der Waals surface area (Å²) in [6.07, 6.45) is 1.53. The molecule has 0 aliphatic heterocycles. The summed E-state index contributed by atoms with van der Waals surface area (Å²) in [5.74, 6) is 0. The van der Waals surface area contributed by atoms with Gasteiger partial charge in [-0.1, -0.05) is 18.2 Å². The number of rotatable bonds is 2. The third-order valence-corrected chi connectivity index (χ3v) is 2.10. The summed E-state index contributed by atoms with van der Waals surface area (Å²) in [5, 5.41) is 14.9. The van der Waals surface area contributed by atoms with Gasteiger partial charge in [0, 0.05) is 11.9 Å². The van der Waals surface area contributed by atoms with E-state index in [9.17, 15) is 5.21 Å². The average Bonchev–Trinajstić information content (AvgIpc) is 2.29. The predicted octanol–water partition coefficient (Wildman–Crippen LogP) is 0.133. The van der Waals surface area contributed by atoms with Crippen molar-refractivity contribution in [2.75, 3.05) is 13.1 Å². The van der Waals surface area contributed by atoms with Crippen LogP contribution in [-0.2, 0) is 0 Å². The molecule has 78 valence electrons. The molecular formula is C10H12N4O. The second kappa shape index (κ2) is 4.10. The zero-order valence-corrected chi connectivity index (χ0v) is 8.17. The molecule has 0 unspecified atom stereocenters. The number of hydrogen-bond donors (Lipinski definition) is 2. The van der Waals surface area contributed by atoms with E-state index in [1.807, 2.05) is 18.2 Å². The van der Waals surface area contributed by atoms with E-state index < -0.39 is 0 Å². The topological polar surface area (TPSA) is 76.4 Å². The Kier molecular flexibility index (Phi) is 2.64. The van der Waals surface area contributed by atoms with Gasteiger partial charge in [-0.2, -0.15) is 0 Å². The lowest BCUT2D eigenvalue weighted by Gasteiger charge is -2.01. The van der Waals surface area contributed by atoms with E-state index >= 15 is 0 Å². The van der Waals surface area contributed by atoms with Crippen molar-refractivity contribution in [1.29, 1.82) is 0 Å². The zero-order chi connectivity index (χ0) is 10.7. The van der Waals surface area contributed by atoms with Gasteiger partial charge in [-0.3, -0.25) is 4.99 Å². The summed E-state index contributed by atoms with van der Waals surface area (Å²) in [4.78, 5) is 5.13. The van der Waals surface area contributed by atoms with Crippen LogP contribution in [0.2, 0.25) is 0 Å². The summed E-state index contributed by atoms with van der Waals surface area (Å²) in [7, 11) is 0. The van der Waals surface area contributed by atoms with Gasteiger partial charge < -0.3 is 10.9 Å². The summed E-state index contributed by atoms with van der Waals surface area (Å²) in [6.45, 7) is 1.06. The molecule has 0 atom stereocenters.